The Morgan fingerprint density at radius 1 is 1.14 bits per heavy atom. The minimum absolute atomic E-state index is 0.00356. The van der Waals surface area contributed by atoms with Crippen LogP contribution < -0.4 is 15.2 Å². The molecule has 1 aromatic heterocycles. The van der Waals surface area contributed by atoms with Crippen molar-refractivity contribution in [1.82, 2.24) is 9.78 Å². The minimum atomic E-state index is -0.355. The number of methoxy groups -OCH3 is 1. The van der Waals surface area contributed by atoms with Gasteiger partial charge in [-0.1, -0.05) is 35.9 Å². The molecule has 0 fully saturated rings. The molecule has 4 rings (SSSR count). The Balaban J connectivity index is 1.83. The van der Waals surface area contributed by atoms with Crippen LogP contribution in [-0.4, -0.2) is 28.8 Å². The van der Waals surface area contributed by atoms with Crippen molar-refractivity contribution in [3.63, 3.8) is 0 Å². The number of carbonyl (C=O) groups is 1. The number of ether oxygens (including phenoxy) is 1. The highest BCUT2D eigenvalue weighted by molar-refractivity contribution is 6.08. The molecule has 142 valence electrons. The third kappa shape index (κ3) is 2.97. The lowest BCUT2D eigenvalue weighted by atomic mass is 10.1. The van der Waals surface area contributed by atoms with E-state index in [2.05, 4.69) is 5.10 Å². The van der Waals surface area contributed by atoms with Gasteiger partial charge in [-0.15, -0.1) is 0 Å². The van der Waals surface area contributed by atoms with Gasteiger partial charge in [0, 0.05) is 11.7 Å². The quantitative estimate of drug-likeness (QED) is 0.705. The van der Waals surface area contributed by atoms with Crippen LogP contribution in [0.25, 0.3) is 5.69 Å². The number of hydrogen-bond acceptors (Lipinski definition) is 4. The van der Waals surface area contributed by atoms with Crippen molar-refractivity contribution in [2.75, 3.05) is 12.0 Å². The molecule has 3 aromatic rings. The summed E-state index contributed by atoms with van der Waals surface area (Å²) in [5.41, 5.74) is 3.43. The van der Waals surface area contributed by atoms with Crippen molar-refractivity contribution < 1.29 is 9.53 Å². The first-order valence-electron chi connectivity index (χ1n) is 9.16. The molecule has 2 aromatic carbocycles. The monoisotopic (exact) mass is 375 g/mol. The fourth-order valence-corrected chi connectivity index (χ4v) is 3.60. The molecule has 1 aliphatic heterocycles. The van der Waals surface area contributed by atoms with E-state index in [9.17, 15) is 9.59 Å². The minimum Gasteiger partial charge on any atom is -0.494 e. The van der Waals surface area contributed by atoms with Gasteiger partial charge in [0.05, 0.1) is 18.9 Å². The Labute approximate surface area is 163 Å². The van der Waals surface area contributed by atoms with Crippen molar-refractivity contribution in [3.8, 4) is 11.4 Å². The Morgan fingerprint density at radius 3 is 2.57 bits per heavy atom. The molecule has 1 atom stereocenters. The number of aryl methyl sites for hydroxylation is 1. The average molecular weight is 375 g/mol. The maximum atomic E-state index is 13.4. The van der Waals surface area contributed by atoms with Gasteiger partial charge in [0.2, 0.25) is 0 Å². The second kappa shape index (κ2) is 6.96. The lowest BCUT2D eigenvalue weighted by Crippen LogP contribution is -2.38. The molecule has 28 heavy (non-hydrogen) atoms. The van der Waals surface area contributed by atoms with Crippen LogP contribution in [0.2, 0.25) is 0 Å². The van der Waals surface area contributed by atoms with Gasteiger partial charge in [0.25, 0.3) is 11.5 Å². The Morgan fingerprint density at radius 2 is 1.86 bits per heavy atom. The number of hydrogen-bond donors (Lipinski definition) is 0. The van der Waals surface area contributed by atoms with Crippen molar-refractivity contribution in [1.29, 1.82) is 0 Å². The first-order chi connectivity index (χ1) is 13.5. The summed E-state index contributed by atoms with van der Waals surface area (Å²) >= 11 is 0. The lowest BCUT2D eigenvalue weighted by Gasteiger charge is -2.23. The van der Waals surface area contributed by atoms with Gasteiger partial charge in [0.1, 0.15) is 0 Å². The number of amides is 1. The molecule has 1 amide bonds. The van der Waals surface area contributed by atoms with Crippen molar-refractivity contribution in [2.45, 2.75) is 26.3 Å². The van der Waals surface area contributed by atoms with Gasteiger partial charge in [-0.3, -0.25) is 9.59 Å². The van der Waals surface area contributed by atoms with E-state index in [1.807, 2.05) is 50.2 Å². The Bertz CT molecular complexity index is 1100. The van der Waals surface area contributed by atoms with Crippen LogP contribution in [0.1, 0.15) is 28.5 Å². The van der Waals surface area contributed by atoms with Gasteiger partial charge >= 0.3 is 0 Å². The summed E-state index contributed by atoms with van der Waals surface area (Å²) in [6, 6.07) is 16.5. The van der Waals surface area contributed by atoms with Crippen LogP contribution in [0.15, 0.2) is 59.4 Å². The molecule has 0 bridgehead atoms. The highest BCUT2D eigenvalue weighted by atomic mass is 16.5. The van der Waals surface area contributed by atoms with Gasteiger partial charge in [0.15, 0.2) is 11.4 Å². The molecule has 0 spiro atoms. The average Bonchev–Trinajstić information content (AvgIpc) is 3.03. The molecule has 0 aliphatic carbocycles. The van der Waals surface area contributed by atoms with Crippen LogP contribution in [-0.2, 0) is 6.42 Å². The van der Waals surface area contributed by atoms with E-state index in [1.54, 1.807) is 17.0 Å². The lowest BCUT2D eigenvalue weighted by molar-refractivity contribution is 0.0971. The second-order valence-electron chi connectivity index (χ2n) is 7.00. The molecule has 6 nitrogen and oxygen atoms in total. The standard InChI is InChI=1S/C22H21N3O3/c1-14-8-10-17(11-9-14)25-20(26)13-19(28-3)21(23-25)22(27)24-15(2)12-16-6-4-5-7-18(16)24/h4-11,13,15H,12H2,1-3H3/t15-/m0/s1. The van der Waals surface area contributed by atoms with Crippen LogP contribution in [0.3, 0.4) is 0 Å². The van der Waals surface area contributed by atoms with E-state index < -0.39 is 0 Å². The summed E-state index contributed by atoms with van der Waals surface area (Å²) in [5.74, 6) is -0.106. The molecule has 0 saturated carbocycles. The zero-order chi connectivity index (χ0) is 19.8. The maximum absolute atomic E-state index is 13.4. The predicted octanol–water partition coefficient (Wildman–Crippen LogP) is 3.14. The molecular weight excluding hydrogens is 354 g/mol. The maximum Gasteiger partial charge on any atom is 0.282 e. The third-order valence-corrected chi connectivity index (χ3v) is 5.02. The number of anilines is 1. The van der Waals surface area contributed by atoms with Gasteiger partial charge in [-0.25, -0.2) is 0 Å². The number of fused-ring (bicyclic) bond motifs is 1. The zero-order valence-electron chi connectivity index (χ0n) is 16.0. The summed E-state index contributed by atoms with van der Waals surface area (Å²) < 4.78 is 6.55. The number of aromatic nitrogens is 2. The van der Waals surface area contributed by atoms with Crippen molar-refractivity contribution in [2.24, 2.45) is 0 Å². The molecule has 1 aliphatic rings. The molecule has 6 heteroatoms. The highest BCUT2D eigenvalue weighted by Gasteiger charge is 2.34. The van der Waals surface area contributed by atoms with Crippen molar-refractivity contribution in [3.05, 3.63) is 81.8 Å². The number of para-hydroxylation sites is 1. The summed E-state index contributed by atoms with van der Waals surface area (Å²) in [5, 5.41) is 4.38. The molecule has 0 radical (unpaired) electrons. The number of rotatable bonds is 3. The van der Waals surface area contributed by atoms with E-state index >= 15 is 0 Å². The first-order valence-corrected chi connectivity index (χ1v) is 9.16. The summed E-state index contributed by atoms with van der Waals surface area (Å²) in [4.78, 5) is 27.7. The SMILES string of the molecule is COc1cc(=O)n(-c2ccc(C)cc2)nc1C(=O)N1c2ccccc2C[C@@H]1C. The fourth-order valence-electron chi connectivity index (χ4n) is 3.60. The molecular formula is C22H21N3O3. The van der Waals surface area contributed by atoms with E-state index in [0.29, 0.717) is 5.69 Å². The molecule has 0 saturated heterocycles. The molecule has 0 N–H and O–H groups in total. The molecule has 0 unspecified atom stereocenters. The van der Waals surface area contributed by atoms with E-state index in [0.717, 1.165) is 23.2 Å². The summed E-state index contributed by atoms with van der Waals surface area (Å²) in [7, 11) is 1.44. The predicted molar refractivity (Wildman–Crippen MR) is 108 cm³/mol. The van der Waals surface area contributed by atoms with Crippen molar-refractivity contribution >= 4 is 11.6 Å². The fraction of sp³-hybridized carbons (Fsp3) is 0.227. The number of carbonyl (C=O) groups excluding carboxylic acids is 1. The van der Waals surface area contributed by atoms with Gasteiger partial charge in [-0.2, -0.15) is 9.78 Å². The summed E-state index contributed by atoms with van der Waals surface area (Å²) in [6.45, 7) is 3.97. The van der Waals surface area contributed by atoms with Crippen LogP contribution in [0, 0.1) is 6.92 Å². The van der Waals surface area contributed by atoms with E-state index in [-0.39, 0.29) is 29.0 Å². The molecule has 2 heterocycles. The van der Waals surface area contributed by atoms with Gasteiger partial charge in [-0.05, 0) is 44.0 Å². The Hall–Kier alpha value is -3.41. The van der Waals surface area contributed by atoms with E-state index in [4.69, 9.17) is 4.74 Å². The van der Waals surface area contributed by atoms with Gasteiger partial charge < -0.3 is 9.64 Å². The second-order valence-corrected chi connectivity index (χ2v) is 7.00. The smallest absolute Gasteiger partial charge is 0.282 e. The summed E-state index contributed by atoms with van der Waals surface area (Å²) in [6.07, 6.45) is 0.780. The Kier molecular flexibility index (Phi) is 4.47. The van der Waals surface area contributed by atoms with Crippen LogP contribution in [0.5, 0.6) is 5.75 Å². The number of nitrogens with zero attached hydrogens (tertiary/aromatic N) is 3. The number of benzene rings is 2. The van der Waals surface area contributed by atoms with E-state index in [1.165, 1.54) is 17.9 Å². The first kappa shape index (κ1) is 18.0. The third-order valence-electron chi connectivity index (χ3n) is 5.02. The normalized spacial score (nSPS) is 15.4. The van der Waals surface area contributed by atoms with Crippen LogP contribution in [0.4, 0.5) is 5.69 Å². The largest absolute Gasteiger partial charge is 0.494 e. The zero-order valence-corrected chi connectivity index (χ0v) is 16.0. The van der Waals surface area contributed by atoms with Crippen LogP contribution >= 0.6 is 0 Å². The topological polar surface area (TPSA) is 64.4 Å². The highest BCUT2D eigenvalue weighted by Crippen LogP contribution is 2.33.